The smallest absolute Gasteiger partial charge is 0.252 e. The molecule has 2 heterocycles. The Hall–Kier alpha value is -2.72. The zero-order valence-corrected chi connectivity index (χ0v) is 11.7. The highest BCUT2D eigenvalue weighted by molar-refractivity contribution is 5.94. The van der Waals surface area contributed by atoms with Crippen LogP contribution in [-0.2, 0) is 13.5 Å². The molecule has 3 N–H and O–H groups in total. The molecule has 0 aliphatic carbocycles. The van der Waals surface area contributed by atoms with Gasteiger partial charge in [0.1, 0.15) is 6.33 Å². The summed E-state index contributed by atoms with van der Waals surface area (Å²) in [6.45, 7) is 0.731. The van der Waals surface area contributed by atoms with Crippen LogP contribution in [-0.4, -0.2) is 38.7 Å². The van der Waals surface area contributed by atoms with Gasteiger partial charge in [-0.15, -0.1) is 0 Å². The number of rotatable bonds is 4. The second-order valence-corrected chi connectivity index (χ2v) is 4.31. The van der Waals surface area contributed by atoms with Crippen molar-refractivity contribution >= 4 is 5.91 Å². The standard InChI is InChI=1S/C14H16N6O/c1-20-10-18-13(19-20)4-6-17-14(21)12-7-11(3-2-5-15)8-16-9-12/h7-10H,4-6,15H2,1H3,(H,17,21). The maximum absolute atomic E-state index is 12.0. The maximum atomic E-state index is 12.0. The summed E-state index contributed by atoms with van der Waals surface area (Å²) in [7, 11) is 1.80. The predicted octanol–water partition coefficient (Wildman–Crippen LogP) is -0.507. The number of carbonyl (C=O) groups excluding carboxylic acids is 1. The zero-order valence-electron chi connectivity index (χ0n) is 11.7. The van der Waals surface area contributed by atoms with Gasteiger partial charge in [0.25, 0.3) is 5.91 Å². The van der Waals surface area contributed by atoms with E-state index < -0.39 is 0 Å². The van der Waals surface area contributed by atoms with Gasteiger partial charge in [0.2, 0.25) is 0 Å². The summed E-state index contributed by atoms with van der Waals surface area (Å²) in [5.41, 5.74) is 6.44. The molecule has 0 saturated heterocycles. The third-order valence-corrected chi connectivity index (χ3v) is 2.62. The second-order valence-electron chi connectivity index (χ2n) is 4.31. The van der Waals surface area contributed by atoms with Crippen LogP contribution in [0.1, 0.15) is 21.7 Å². The Balaban J connectivity index is 1.91. The molecule has 0 unspecified atom stereocenters. The van der Waals surface area contributed by atoms with Crippen LogP contribution in [0.2, 0.25) is 0 Å². The molecule has 2 aromatic rings. The molecule has 0 fully saturated rings. The van der Waals surface area contributed by atoms with E-state index >= 15 is 0 Å². The lowest BCUT2D eigenvalue weighted by molar-refractivity contribution is 0.0953. The number of aromatic nitrogens is 4. The summed E-state index contributed by atoms with van der Waals surface area (Å²) in [6, 6.07) is 1.68. The number of aryl methyl sites for hydroxylation is 1. The molecular weight excluding hydrogens is 268 g/mol. The molecule has 0 aromatic carbocycles. The highest BCUT2D eigenvalue weighted by atomic mass is 16.1. The Bertz CT molecular complexity index is 682. The first-order valence-corrected chi connectivity index (χ1v) is 6.45. The van der Waals surface area contributed by atoms with Crippen LogP contribution in [0.15, 0.2) is 24.8 Å². The van der Waals surface area contributed by atoms with Crippen molar-refractivity contribution in [1.82, 2.24) is 25.1 Å². The summed E-state index contributed by atoms with van der Waals surface area (Å²) in [4.78, 5) is 20.1. The van der Waals surface area contributed by atoms with Crippen LogP contribution >= 0.6 is 0 Å². The molecular formula is C14H16N6O. The summed E-state index contributed by atoms with van der Waals surface area (Å²) in [6.07, 6.45) is 5.30. The molecule has 21 heavy (non-hydrogen) atoms. The fraction of sp³-hybridized carbons (Fsp3) is 0.286. The lowest BCUT2D eigenvalue weighted by atomic mass is 10.2. The zero-order chi connectivity index (χ0) is 15.1. The largest absolute Gasteiger partial charge is 0.352 e. The van der Waals surface area contributed by atoms with E-state index in [0.29, 0.717) is 29.9 Å². The van der Waals surface area contributed by atoms with Crippen molar-refractivity contribution in [3.63, 3.8) is 0 Å². The topological polar surface area (TPSA) is 98.7 Å². The lowest BCUT2D eigenvalue weighted by Gasteiger charge is -2.03. The van der Waals surface area contributed by atoms with E-state index in [2.05, 4.69) is 32.2 Å². The van der Waals surface area contributed by atoms with Gasteiger partial charge in [-0.1, -0.05) is 11.8 Å². The minimum absolute atomic E-state index is 0.199. The van der Waals surface area contributed by atoms with Gasteiger partial charge in [-0.3, -0.25) is 14.5 Å². The highest BCUT2D eigenvalue weighted by Crippen LogP contribution is 2.01. The summed E-state index contributed by atoms with van der Waals surface area (Å²) >= 11 is 0. The van der Waals surface area contributed by atoms with Gasteiger partial charge in [0, 0.05) is 38.0 Å². The number of hydrogen-bond acceptors (Lipinski definition) is 5. The number of nitrogens with two attached hydrogens (primary N) is 1. The minimum Gasteiger partial charge on any atom is -0.352 e. The molecule has 0 bridgehead atoms. The number of carbonyl (C=O) groups is 1. The Morgan fingerprint density at radius 3 is 3.05 bits per heavy atom. The van der Waals surface area contributed by atoms with E-state index in [9.17, 15) is 4.79 Å². The Morgan fingerprint density at radius 1 is 1.48 bits per heavy atom. The van der Waals surface area contributed by atoms with Crippen molar-refractivity contribution in [1.29, 1.82) is 0 Å². The van der Waals surface area contributed by atoms with E-state index in [1.54, 1.807) is 30.3 Å². The lowest BCUT2D eigenvalue weighted by Crippen LogP contribution is -2.26. The Labute approximate surface area is 122 Å². The minimum atomic E-state index is -0.199. The summed E-state index contributed by atoms with van der Waals surface area (Å²) in [5, 5.41) is 6.94. The van der Waals surface area contributed by atoms with E-state index in [4.69, 9.17) is 5.73 Å². The van der Waals surface area contributed by atoms with Gasteiger partial charge < -0.3 is 11.1 Å². The van der Waals surface area contributed by atoms with E-state index in [1.807, 2.05) is 0 Å². The van der Waals surface area contributed by atoms with Crippen molar-refractivity contribution in [2.45, 2.75) is 6.42 Å². The van der Waals surface area contributed by atoms with Crippen molar-refractivity contribution in [2.75, 3.05) is 13.1 Å². The fourth-order valence-corrected chi connectivity index (χ4v) is 1.67. The van der Waals surface area contributed by atoms with E-state index in [1.165, 1.54) is 6.20 Å². The summed E-state index contributed by atoms with van der Waals surface area (Å²) < 4.78 is 1.63. The second kappa shape index (κ2) is 7.17. The van der Waals surface area contributed by atoms with Gasteiger partial charge >= 0.3 is 0 Å². The molecule has 0 aliphatic rings. The molecule has 2 aromatic heterocycles. The van der Waals surface area contributed by atoms with Crippen molar-refractivity contribution < 1.29 is 4.79 Å². The number of hydrogen-bond donors (Lipinski definition) is 2. The van der Waals surface area contributed by atoms with E-state index in [0.717, 1.165) is 0 Å². The Morgan fingerprint density at radius 2 is 2.33 bits per heavy atom. The Kier molecular flexibility index (Phi) is 5.01. The van der Waals surface area contributed by atoms with Gasteiger partial charge in [-0.2, -0.15) is 5.10 Å². The molecule has 0 spiro atoms. The molecule has 7 nitrogen and oxygen atoms in total. The van der Waals surface area contributed by atoms with Crippen molar-refractivity contribution in [3.05, 3.63) is 41.7 Å². The highest BCUT2D eigenvalue weighted by Gasteiger charge is 2.07. The average molecular weight is 284 g/mol. The normalized spacial score (nSPS) is 9.81. The first-order valence-electron chi connectivity index (χ1n) is 6.45. The van der Waals surface area contributed by atoms with Gasteiger partial charge in [0.15, 0.2) is 5.82 Å². The quantitative estimate of drug-likeness (QED) is 0.737. The third kappa shape index (κ3) is 4.40. The van der Waals surface area contributed by atoms with Crippen molar-refractivity contribution in [2.24, 2.45) is 12.8 Å². The maximum Gasteiger partial charge on any atom is 0.252 e. The number of nitrogens with one attached hydrogen (secondary N) is 1. The third-order valence-electron chi connectivity index (χ3n) is 2.62. The molecule has 108 valence electrons. The fourth-order valence-electron chi connectivity index (χ4n) is 1.67. The molecule has 0 aliphatic heterocycles. The first kappa shape index (κ1) is 14.7. The number of nitrogens with zero attached hydrogens (tertiary/aromatic N) is 4. The monoisotopic (exact) mass is 284 g/mol. The van der Waals surface area contributed by atoms with Crippen LogP contribution in [0.4, 0.5) is 0 Å². The molecule has 0 atom stereocenters. The molecule has 1 amide bonds. The first-order chi connectivity index (χ1) is 10.2. The SMILES string of the molecule is Cn1cnc(CCNC(=O)c2cncc(C#CCN)c2)n1. The van der Waals surface area contributed by atoms with E-state index in [-0.39, 0.29) is 12.5 Å². The number of amides is 1. The van der Waals surface area contributed by atoms with Gasteiger partial charge in [-0.25, -0.2) is 4.98 Å². The van der Waals surface area contributed by atoms with Gasteiger partial charge in [-0.05, 0) is 6.07 Å². The molecule has 0 radical (unpaired) electrons. The van der Waals surface area contributed by atoms with Crippen LogP contribution in [0.25, 0.3) is 0 Å². The molecule has 7 heteroatoms. The molecule has 2 rings (SSSR count). The van der Waals surface area contributed by atoms with Crippen molar-refractivity contribution in [3.8, 4) is 11.8 Å². The van der Waals surface area contributed by atoms with Gasteiger partial charge in [0.05, 0.1) is 12.1 Å². The van der Waals surface area contributed by atoms with Crippen LogP contribution < -0.4 is 11.1 Å². The van der Waals surface area contributed by atoms with Crippen LogP contribution in [0.5, 0.6) is 0 Å². The summed E-state index contributed by atoms with van der Waals surface area (Å²) in [5.74, 6) is 6.06. The average Bonchev–Trinajstić information content (AvgIpc) is 2.91. The van der Waals surface area contributed by atoms with Crippen LogP contribution in [0, 0.1) is 11.8 Å². The number of pyridine rings is 1. The predicted molar refractivity (Wildman–Crippen MR) is 77.2 cm³/mol. The molecule has 0 saturated carbocycles. The van der Waals surface area contributed by atoms with Crippen LogP contribution in [0.3, 0.4) is 0 Å².